The van der Waals surface area contributed by atoms with E-state index in [1.165, 1.54) is 44.2 Å². The van der Waals surface area contributed by atoms with E-state index in [4.69, 9.17) is 4.42 Å². The van der Waals surface area contributed by atoms with Gasteiger partial charge in [-0.05, 0) is 36.6 Å². The van der Waals surface area contributed by atoms with Crippen molar-refractivity contribution in [2.24, 2.45) is 5.92 Å². The Bertz CT molecular complexity index is 1120. The van der Waals surface area contributed by atoms with Crippen LogP contribution in [0.4, 0.5) is 10.1 Å². The molecule has 2 aromatic rings. The second kappa shape index (κ2) is 8.81. The summed E-state index contributed by atoms with van der Waals surface area (Å²) in [5.74, 6) is -2.17. The third kappa shape index (κ3) is 4.57. The topological polar surface area (TPSA) is 129 Å². The van der Waals surface area contributed by atoms with Gasteiger partial charge in [0.2, 0.25) is 0 Å². The fourth-order valence-corrected chi connectivity index (χ4v) is 5.36. The molecule has 1 saturated carbocycles. The van der Waals surface area contributed by atoms with Gasteiger partial charge in [0.15, 0.2) is 11.6 Å². The summed E-state index contributed by atoms with van der Waals surface area (Å²) >= 11 is 0. The standard InChI is InChI=1S/C21H24FN3O6S/c22-15-10-14(11-16(26)20(15)25-12-19(27)24-32(25,29)30)17-6-7-18(31-17)21(28)23-9-8-13-4-2-1-3-5-13/h6-7,10-11,13,26H,1-5,8-9,12H2,(H,23,28)(H,24,27). The highest BCUT2D eigenvalue weighted by molar-refractivity contribution is 7.92. The fourth-order valence-electron chi connectivity index (χ4n) is 4.19. The van der Waals surface area contributed by atoms with Crippen LogP contribution in [0.25, 0.3) is 11.3 Å². The Hall–Kier alpha value is -3.08. The van der Waals surface area contributed by atoms with E-state index >= 15 is 0 Å². The smallest absolute Gasteiger partial charge is 0.326 e. The van der Waals surface area contributed by atoms with Gasteiger partial charge in [-0.3, -0.25) is 9.59 Å². The predicted octanol–water partition coefficient (Wildman–Crippen LogP) is 2.67. The molecule has 32 heavy (non-hydrogen) atoms. The number of furan rings is 1. The van der Waals surface area contributed by atoms with Crippen LogP contribution in [0.2, 0.25) is 0 Å². The molecule has 1 saturated heterocycles. The summed E-state index contributed by atoms with van der Waals surface area (Å²) < 4.78 is 46.3. The molecule has 0 spiro atoms. The number of hydrogen-bond donors (Lipinski definition) is 3. The van der Waals surface area contributed by atoms with E-state index in [0.29, 0.717) is 16.8 Å². The number of carbonyl (C=O) groups is 2. The number of nitrogens with zero attached hydrogens (tertiary/aromatic N) is 1. The zero-order valence-corrected chi connectivity index (χ0v) is 18.1. The number of nitrogens with one attached hydrogen (secondary N) is 2. The molecule has 1 aromatic heterocycles. The first kappa shape index (κ1) is 22.1. The highest BCUT2D eigenvalue weighted by Gasteiger charge is 2.37. The van der Waals surface area contributed by atoms with Crippen LogP contribution in [0, 0.1) is 11.7 Å². The molecule has 0 radical (unpaired) electrons. The number of phenols is 1. The molecular weight excluding hydrogens is 441 g/mol. The van der Waals surface area contributed by atoms with E-state index in [1.807, 2.05) is 0 Å². The molecule has 2 aliphatic rings. The zero-order valence-electron chi connectivity index (χ0n) is 17.3. The lowest BCUT2D eigenvalue weighted by Crippen LogP contribution is -2.30. The zero-order chi connectivity index (χ0) is 22.9. The molecule has 0 atom stereocenters. The van der Waals surface area contributed by atoms with Gasteiger partial charge < -0.3 is 14.8 Å². The molecule has 9 nitrogen and oxygen atoms in total. The van der Waals surface area contributed by atoms with Gasteiger partial charge in [0.05, 0.1) is 0 Å². The Balaban J connectivity index is 1.45. The van der Waals surface area contributed by atoms with E-state index in [0.717, 1.165) is 18.6 Å². The van der Waals surface area contributed by atoms with Crippen molar-refractivity contribution in [3.8, 4) is 17.1 Å². The van der Waals surface area contributed by atoms with Crippen molar-refractivity contribution in [2.45, 2.75) is 38.5 Å². The molecule has 0 bridgehead atoms. The molecule has 172 valence electrons. The van der Waals surface area contributed by atoms with E-state index in [-0.39, 0.29) is 23.0 Å². The minimum atomic E-state index is -4.28. The third-order valence-electron chi connectivity index (χ3n) is 5.79. The lowest BCUT2D eigenvalue weighted by molar-refractivity contribution is -0.117. The minimum Gasteiger partial charge on any atom is -0.506 e. The lowest BCUT2D eigenvalue weighted by Gasteiger charge is -2.21. The number of anilines is 1. The summed E-state index contributed by atoms with van der Waals surface area (Å²) in [6.07, 6.45) is 7.04. The lowest BCUT2D eigenvalue weighted by atomic mass is 9.87. The van der Waals surface area contributed by atoms with Crippen LogP contribution >= 0.6 is 0 Å². The van der Waals surface area contributed by atoms with Gasteiger partial charge in [0, 0.05) is 12.1 Å². The van der Waals surface area contributed by atoms with Crippen molar-refractivity contribution in [2.75, 3.05) is 17.4 Å². The number of aromatic hydroxyl groups is 1. The molecule has 1 aliphatic carbocycles. The van der Waals surface area contributed by atoms with Gasteiger partial charge in [-0.25, -0.2) is 13.4 Å². The number of rotatable bonds is 6. The summed E-state index contributed by atoms with van der Waals surface area (Å²) in [5, 5.41) is 13.1. The van der Waals surface area contributed by atoms with Crippen LogP contribution in [-0.2, 0) is 15.0 Å². The Morgan fingerprint density at radius 2 is 2.00 bits per heavy atom. The van der Waals surface area contributed by atoms with E-state index in [1.54, 1.807) is 4.72 Å². The van der Waals surface area contributed by atoms with E-state index in [9.17, 15) is 27.5 Å². The molecule has 0 unspecified atom stereocenters. The average molecular weight is 466 g/mol. The number of halogens is 1. The number of benzene rings is 1. The van der Waals surface area contributed by atoms with E-state index in [2.05, 4.69) is 5.32 Å². The maximum Gasteiger partial charge on any atom is 0.326 e. The summed E-state index contributed by atoms with van der Waals surface area (Å²) in [7, 11) is -4.28. The van der Waals surface area contributed by atoms with Gasteiger partial charge in [-0.15, -0.1) is 0 Å². The highest BCUT2D eigenvalue weighted by Crippen LogP contribution is 2.37. The third-order valence-corrected chi connectivity index (χ3v) is 7.17. The van der Waals surface area contributed by atoms with Crippen molar-refractivity contribution in [3.05, 3.63) is 35.8 Å². The minimum absolute atomic E-state index is 0.0459. The van der Waals surface area contributed by atoms with Crippen LogP contribution in [0.5, 0.6) is 5.75 Å². The quantitative estimate of drug-likeness (QED) is 0.602. The summed E-state index contributed by atoms with van der Waals surface area (Å²) in [6.45, 7) is -0.0984. The van der Waals surface area contributed by atoms with Crippen molar-refractivity contribution >= 4 is 27.7 Å². The average Bonchev–Trinajstić information content (AvgIpc) is 3.32. The summed E-state index contributed by atoms with van der Waals surface area (Å²) in [4.78, 5) is 23.8. The molecule has 3 N–H and O–H groups in total. The fraction of sp³-hybridized carbons (Fsp3) is 0.429. The van der Waals surface area contributed by atoms with Crippen LogP contribution in [0.3, 0.4) is 0 Å². The number of phenolic OH excluding ortho intramolecular Hbond substituents is 1. The van der Waals surface area contributed by atoms with Crippen molar-refractivity contribution < 1.29 is 31.9 Å². The van der Waals surface area contributed by atoms with Crippen molar-refractivity contribution in [1.29, 1.82) is 0 Å². The van der Waals surface area contributed by atoms with Crippen LogP contribution < -0.4 is 14.3 Å². The first-order valence-corrected chi connectivity index (χ1v) is 11.9. The Labute approximate surface area is 184 Å². The summed E-state index contributed by atoms with van der Waals surface area (Å²) in [6, 6.07) is 4.99. The predicted molar refractivity (Wildman–Crippen MR) is 114 cm³/mol. The molecule has 2 heterocycles. The first-order chi connectivity index (χ1) is 15.2. The maximum atomic E-state index is 14.7. The maximum absolute atomic E-state index is 14.7. The molecule has 1 aliphatic heterocycles. The number of hydrogen-bond acceptors (Lipinski definition) is 6. The second-order valence-electron chi connectivity index (χ2n) is 8.08. The molecule has 11 heteroatoms. The number of carbonyl (C=O) groups excluding carboxylic acids is 2. The first-order valence-electron chi connectivity index (χ1n) is 10.5. The van der Waals surface area contributed by atoms with Gasteiger partial charge in [-0.1, -0.05) is 32.1 Å². The second-order valence-corrected chi connectivity index (χ2v) is 9.67. The molecule has 4 rings (SSSR count). The molecular formula is C21H24FN3O6S. The van der Waals surface area contributed by atoms with Gasteiger partial charge in [0.25, 0.3) is 11.8 Å². The monoisotopic (exact) mass is 465 g/mol. The highest BCUT2D eigenvalue weighted by atomic mass is 32.2. The van der Waals surface area contributed by atoms with Crippen molar-refractivity contribution in [3.63, 3.8) is 0 Å². The van der Waals surface area contributed by atoms with Gasteiger partial charge in [0.1, 0.15) is 23.7 Å². The molecule has 2 fully saturated rings. The van der Waals surface area contributed by atoms with Crippen LogP contribution in [0.15, 0.2) is 28.7 Å². The Morgan fingerprint density at radius 3 is 2.66 bits per heavy atom. The Morgan fingerprint density at radius 1 is 1.25 bits per heavy atom. The van der Waals surface area contributed by atoms with E-state index < -0.39 is 39.9 Å². The largest absolute Gasteiger partial charge is 0.506 e. The van der Waals surface area contributed by atoms with Gasteiger partial charge in [-0.2, -0.15) is 8.42 Å². The number of amides is 2. The normalized spacial score (nSPS) is 18.5. The van der Waals surface area contributed by atoms with Crippen LogP contribution in [-0.4, -0.2) is 38.4 Å². The Kier molecular flexibility index (Phi) is 6.09. The summed E-state index contributed by atoms with van der Waals surface area (Å²) in [5.41, 5.74) is -0.528. The SMILES string of the molecule is O=C1CN(c2c(O)cc(-c3ccc(C(=O)NCCC4CCCCC4)o3)cc2F)S(=O)(=O)N1. The van der Waals surface area contributed by atoms with Crippen molar-refractivity contribution in [1.82, 2.24) is 10.0 Å². The molecule has 1 aromatic carbocycles. The van der Waals surface area contributed by atoms with Gasteiger partial charge >= 0.3 is 10.2 Å². The van der Waals surface area contributed by atoms with Crippen LogP contribution in [0.1, 0.15) is 49.1 Å². The molecule has 2 amide bonds.